The Morgan fingerprint density at radius 2 is 1.68 bits per heavy atom. The van der Waals surface area contributed by atoms with Crippen molar-refractivity contribution < 1.29 is 37.5 Å². The van der Waals surface area contributed by atoms with Crippen LogP contribution >= 0.6 is 0 Å². The van der Waals surface area contributed by atoms with E-state index in [0.29, 0.717) is 0 Å². The largest absolute Gasteiger partial charge is 0.573 e. The Morgan fingerprint density at radius 3 is 2.16 bits per heavy atom. The first-order valence-electron chi connectivity index (χ1n) is 6.63. The molecule has 0 heterocycles. The monoisotopic (exact) mass is 357 g/mol. The second-order valence-electron chi connectivity index (χ2n) is 4.77. The molecule has 0 spiro atoms. The van der Waals surface area contributed by atoms with E-state index in [1.165, 1.54) is 25.1 Å². The smallest absolute Gasteiger partial charge is 0.477 e. The Morgan fingerprint density at radius 1 is 1.12 bits per heavy atom. The third-order valence-electron chi connectivity index (χ3n) is 3.09. The van der Waals surface area contributed by atoms with Gasteiger partial charge in [-0.2, -0.15) is 0 Å². The summed E-state index contributed by atoms with van der Waals surface area (Å²) in [5.74, 6) is -1.83. The van der Waals surface area contributed by atoms with Gasteiger partial charge in [0.05, 0.1) is 4.92 Å². The highest BCUT2D eigenvalue weighted by Crippen LogP contribution is 2.33. The first kappa shape index (κ1) is 18.0. The normalized spacial score (nSPS) is 11.0. The Bertz CT molecular complexity index is 817. The number of benzene rings is 2. The van der Waals surface area contributed by atoms with E-state index in [-0.39, 0.29) is 17.1 Å². The molecule has 0 aliphatic carbocycles. The molecular weight excluding hydrogens is 347 g/mol. The number of halogens is 3. The van der Waals surface area contributed by atoms with Crippen LogP contribution in [0.2, 0.25) is 0 Å². The molecule has 10 heteroatoms. The standard InChI is InChI=1S/C15H10F3NO6/c1-8-12(7-6-11(19(22)23)13(8)14(20)21)24-9-2-4-10(5-3-9)25-15(16,17)18/h2-7H,1H3,(H,20,21). The lowest BCUT2D eigenvalue weighted by atomic mass is 10.1. The molecule has 0 atom stereocenters. The van der Waals surface area contributed by atoms with Crippen molar-refractivity contribution in [2.75, 3.05) is 0 Å². The number of hydrogen-bond donors (Lipinski definition) is 1. The number of carboxylic acid groups (broad SMARTS) is 1. The van der Waals surface area contributed by atoms with Crippen LogP contribution in [-0.2, 0) is 0 Å². The van der Waals surface area contributed by atoms with Crippen molar-refractivity contribution in [2.45, 2.75) is 13.3 Å². The van der Waals surface area contributed by atoms with E-state index in [2.05, 4.69) is 4.74 Å². The molecule has 2 rings (SSSR count). The SMILES string of the molecule is Cc1c(Oc2ccc(OC(F)(F)F)cc2)ccc([N+](=O)[O-])c1C(=O)O. The summed E-state index contributed by atoms with van der Waals surface area (Å²) in [6, 6.07) is 6.58. The minimum atomic E-state index is -4.83. The quantitative estimate of drug-likeness (QED) is 0.633. The van der Waals surface area contributed by atoms with Crippen molar-refractivity contribution >= 4 is 11.7 Å². The molecule has 7 nitrogen and oxygen atoms in total. The van der Waals surface area contributed by atoms with E-state index in [9.17, 15) is 28.1 Å². The number of carboxylic acids is 1. The number of nitrogens with zero attached hydrogens (tertiary/aromatic N) is 1. The van der Waals surface area contributed by atoms with Gasteiger partial charge in [-0.1, -0.05) is 0 Å². The van der Waals surface area contributed by atoms with Crippen molar-refractivity contribution in [3.8, 4) is 17.2 Å². The lowest BCUT2D eigenvalue weighted by molar-refractivity contribution is -0.385. The minimum Gasteiger partial charge on any atom is -0.477 e. The van der Waals surface area contributed by atoms with Gasteiger partial charge in [0.25, 0.3) is 5.69 Å². The predicted molar refractivity (Wildman–Crippen MR) is 78.0 cm³/mol. The number of ether oxygens (including phenoxy) is 2. The maximum absolute atomic E-state index is 12.1. The summed E-state index contributed by atoms with van der Waals surface area (Å²) in [5.41, 5.74) is -1.11. The molecule has 0 aliphatic rings. The Labute approximate surface area is 138 Å². The molecule has 0 radical (unpaired) electrons. The maximum Gasteiger partial charge on any atom is 0.573 e. The molecule has 0 saturated carbocycles. The van der Waals surface area contributed by atoms with Crippen LogP contribution in [0.25, 0.3) is 0 Å². The molecule has 2 aromatic rings. The lowest BCUT2D eigenvalue weighted by Crippen LogP contribution is -2.16. The van der Waals surface area contributed by atoms with Crippen LogP contribution in [0.15, 0.2) is 36.4 Å². The Kier molecular flexibility index (Phi) is 4.82. The van der Waals surface area contributed by atoms with Gasteiger partial charge in [0.2, 0.25) is 0 Å². The Hall–Kier alpha value is -3.30. The van der Waals surface area contributed by atoms with E-state index in [0.717, 1.165) is 18.2 Å². The molecule has 0 amide bonds. The molecule has 0 aliphatic heterocycles. The average molecular weight is 357 g/mol. The van der Waals surface area contributed by atoms with Crippen LogP contribution in [0.3, 0.4) is 0 Å². The van der Waals surface area contributed by atoms with Gasteiger partial charge in [-0.05, 0) is 37.3 Å². The van der Waals surface area contributed by atoms with Crippen molar-refractivity contribution in [2.24, 2.45) is 0 Å². The molecule has 0 bridgehead atoms. The molecule has 1 N–H and O–H groups in total. The van der Waals surface area contributed by atoms with E-state index < -0.39 is 34.3 Å². The zero-order valence-electron chi connectivity index (χ0n) is 12.5. The summed E-state index contributed by atoms with van der Waals surface area (Å²) in [5, 5.41) is 20.0. The summed E-state index contributed by atoms with van der Waals surface area (Å²) >= 11 is 0. The topological polar surface area (TPSA) is 98.9 Å². The summed E-state index contributed by atoms with van der Waals surface area (Å²) in [4.78, 5) is 21.3. The van der Waals surface area contributed by atoms with Crippen LogP contribution in [0.5, 0.6) is 17.2 Å². The predicted octanol–water partition coefficient (Wildman–Crippen LogP) is 4.29. The second-order valence-corrected chi connectivity index (χ2v) is 4.77. The maximum atomic E-state index is 12.1. The number of aromatic carboxylic acids is 1. The van der Waals surface area contributed by atoms with Crippen LogP contribution in [0.4, 0.5) is 18.9 Å². The van der Waals surface area contributed by atoms with Gasteiger partial charge in [-0.15, -0.1) is 13.2 Å². The molecule has 25 heavy (non-hydrogen) atoms. The zero-order valence-corrected chi connectivity index (χ0v) is 12.5. The molecule has 132 valence electrons. The average Bonchev–Trinajstić information content (AvgIpc) is 2.48. The van der Waals surface area contributed by atoms with Gasteiger partial charge < -0.3 is 14.6 Å². The van der Waals surface area contributed by atoms with Gasteiger partial charge >= 0.3 is 12.3 Å². The molecular formula is C15H10F3NO6. The van der Waals surface area contributed by atoms with E-state index in [4.69, 9.17) is 9.84 Å². The van der Waals surface area contributed by atoms with E-state index in [1.807, 2.05) is 0 Å². The van der Waals surface area contributed by atoms with E-state index >= 15 is 0 Å². The summed E-state index contributed by atoms with van der Waals surface area (Å²) in [7, 11) is 0. The number of nitro groups is 1. The van der Waals surface area contributed by atoms with Crippen LogP contribution in [-0.4, -0.2) is 22.4 Å². The fraction of sp³-hybridized carbons (Fsp3) is 0.133. The Balaban J connectivity index is 2.30. The lowest BCUT2D eigenvalue weighted by Gasteiger charge is -2.12. The number of rotatable bonds is 5. The molecule has 0 aromatic heterocycles. The highest BCUT2D eigenvalue weighted by atomic mass is 19.4. The van der Waals surface area contributed by atoms with Gasteiger partial charge in [-0.3, -0.25) is 10.1 Å². The third-order valence-corrected chi connectivity index (χ3v) is 3.09. The van der Waals surface area contributed by atoms with E-state index in [1.54, 1.807) is 0 Å². The molecule has 2 aromatic carbocycles. The van der Waals surface area contributed by atoms with Gasteiger partial charge in [-0.25, -0.2) is 4.79 Å². The third kappa shape index (κ3) is 4.37. The van der Waals surface area contributed by atoms with Crippen LogP contribution in [0.1, 0.15) is 15.9 Å². The van der Waals surface area contributed by atoms with Gasteiger partial charge in [0.1, 0.15) is 22.8 Å². The molecule has 0 fully saturated rings. The fourth-order valence-electron chi connectivity index (χ4n) is 2.05. The number of carbonyl (C=O) groups is 1. The first-order chi connectivity index (χ1) is 11.6. The number of nitro benzene ring substituents is 1. The summed E-state index contributed by atoms with van der Waals surface area (Å²) in [6.45, 7) is 1.33. The number of alkyl halides is 3. The van der Waals surface area contributed by atoms with Crippen molar-refractivity contribution in [3.05, 3.63) is 57.6 Å². The second kappa shape index (κ2) is 6.67. The first-order valence-corrected chi connectivity index (χ1v) is 6.63. The van der Waals surface area contributed by atoms with Crippen molar-refractivity contribution in [1.29, 1.82) is 0 Å². The molecule has 0 unspecified atom stereocenters. The zero-order chi connectivity index (χ0) is 18.8. The number of hydrogen-bond acceptors (Lipinski definition) is 5. The van der Waals surface area contributed by atoms with Crippen molar-refractivity contribution in [1.82, 2.24) is 0 Å². The molecule has 0 saturated heterocycles. The van der Waals surface area contributed by atoms with Gasteiger partial charge in [0, 0.05) is 11.6 Å². The fourth-order valence-corrected chi connectivity index (χ4v) is 2.05. The van der Waals surface area contributed by atoms with Gasteiger partial charge in [0.15, 0.2) is 0 Å². The highest BCUT2D eigenvalue weighted by Gasteiger charge is 2.31. The van der Waals surface area contributed by atoms with Crippen LogP contribution < -0.4 is 9.47 Å². The summed E-state index contributed by atoms with van der Waals surface area (Å²) in [6.07, 6.45) is -4.83. The van der Waals surface area contributed by atoms with Crippen LogP contribution in [0, 0.1) is 17.0 Å². The van der Waals surface area contributed by atoms with Crippen molar-refractivity contribution in [3.63, 3.8) is 0 Å². The highest BCUT2D eigenvalue weighted by molar-refractivity contribution is 5.94. The minimum absolute atomic E-state index is 0.0114. The summed E-state index contributed by atoms with van der Waals surface area (Å²) < 4.78 is 45.4.